The van der Waals surface area contributed by atoms with Gasteiger partial charge in [0.1, 0.15) is 0 Å². The summed E-state index contributed by atoms with van der Waals surface area (Å²) < 4.78 is 0. The molecule has 0 amide bonds. The highest BCUT2D eigenvalue weighted by Gasteiger charge is 2.40. The third-order valence-electron chi connectivity index (χ3n) is 1.83. The van der Waals surface area contributed by atoms with Crippen molar-refractivity contribution in [2.24, 2.45) is 0 Å². The first-order chi connectivity index (χ1) is 4.54. The van der Waals surface area contributed by atoms with Crippen LogP contribution in [0.5, 0.6) is 0 Å². The van der Waals surface area contributed by atoms with Crippen molar-refractivity contribution in [1.82, 2.24) is 0 Å². The largest absolute Gasteiger partial charge is 0.479 e. The van der Waals surface area contributed by atoms with E-state index in [4.69, 9.17) is 5.11 Å². The Kier molecular flexibility index (Phi) is 1.52. The molecule has 1 saturated carbocycles. The van der Waals surface area contributed by atoms with Crippen LogP contribution >= 0.6 is 0 Å². The van der Waals surface area contributed by atoms with Crippen LogP contribution in [-0.2, 0) is 4.79 Å². The minimum Gasteiger partial charge on any atom is -0.479 e. The normalized spacial score (nSPS) is 32.7. The van der Waals surface area contributed by atoms with Crippen LogP contribution in [0.4, 0.5) is 0 Å². The molecule has 0 aromatic carbocycles. The second kappa shape index (κ2) is 2.09. The SMILES string of the molecule is C=C1CCC(O)(C(=O)O)C1. The molecule has 10 heavy (non-hydrogen) atoms. The third kappa shape index (κ3) is 1.04. The van der Waals surface area contributed by atoms with Crippen LogP contribution in [0.1, 0.15) is 19.3 Å². The van der Waals surface area contributed by atoms with Crippen LogP contribution in [0.3, 0.4) is 0 Å². The van der Waals surface area contributed by atoms with E-state index in [0.717, 1.165) is 5.57 Å². The van der Waals surface area contributed by atoms with Crippen LogP contribution in [0, 0.1) is 0 Å². The number of hydrogen-bond donors (Lipinski definition) is 2. The Bertz CT molecular complexity index is 185. The number of carbonyl (C=O) groups is 1. The van der Waals surface area contributed by atoms with Gasteiger partial charge >= 0.3 is 5.97 Å². The highest BCUT2D eigenvalue weighted by molar-refractivity contribution is 5.78. The molecule has 0 saturated heterocycles. The minimum atomic E-state index is -1.52. The Morgan fingerprint density at radius 2 is 2.30 bits per heavy atom. The minimum absolute atomic E-state index is 0.211. The van der Waals surface area contributed by atoms with Gasteiger partial charge in [-0.1, -0.05) is 12.2 Å². The molecule has 1 fully saturated rings. The molecule has 0 radical (unpaired) electrons. The zero-order chi connectivity index (χ0) is 7.78. The Morgan fingerprint density at radius 3 is 2.50 bits per heavy atom. The molecule has 56 valence electrons. The van der Waals surface area contributed by atoms with E-state index in [2.05, 4.69) is 6.58 Å². The zero-order valence-corrected chi connectivity index (χ0v) is 5.63. The van der Waals surface area contributed by atoms with E-state index in [-0.39, 0.29) is 6.42 Å². The Hall–Kier alpha value is -0.830. The predicted octanol–water partition coefficient (Wildman–Crippen LogP) is 0.542. The maximum Gasteiger partial charge on any atom is 0.336 e. The van der Waals surface area contributed by atoms with E-state index < -0.39 is 11.6 Å². The summed E-state index contributed by atoms with van der Waals surface area (Å²) in [6.07, 6.45) is 1.15. The molecule has 0 heterocycles. The van der Waals surface area contributed by atoms with Crippen LogP contribution in [0.2, 0.25) is 0 Å². The first kappa shape index (κ1) is 7.28. The van der Waals surface area contributed by atoms with E-state index in [9.17, 15) is 9.90 Å². The maximum absolute atomic E-state index is 10.4. The molecule has 2 N–H and O–H groups in total. The molecular formula is C7H10O3. The van der Waals surface area contributed by atoms with Crippen molar-refractivity contribution in [1.29, 1.82) is 0 Å². The fourth-order valence-electron chi connectivity index (χ4n) is 1.16. The highest BCUT2D eigenvalue weighted by atomic mass is 16.4. The number of rotatable bonds is 1. The average Bonchev–Trinajstić information content (AvgIpc) is 2.13. The molecule has 3 heteroatoms. The Labute approximate surface area is 59.0 Å². The topological polar surface area (TPSA) is 57.5 Å². The second-order valence-corrected chi connectivity index (χ2v) is 2.76. The summed E-state index contributed by atoms with van der Waals surface area (Å²) >= 11 is 0. The van der Waals surface area contributed by atoms with Gasteiger partial charge in [-0.2, -0.15) is 0 Å². The van der Waals surface area contributed by atoms with Crippen molar-refractivity contribution in [3.05, 3.63) is 12.2 Å². The zero-order valence-electron chi connectivity index (χ0n) is 5.63. The lowest BCUT2D eigenvalue weighted by Gasteiger charge is -2.14. The maximum atomic E-state index is 10.4. The average molecular weight is 142 g/mol. The molecule has 0 aliphatic heterocycles. The van der Waals surface area contributed by atoms with Crippen molar-refractivity contribution in [3.8, 4) is 0 Å². The summed E-state index contributed by atoms with van der Waals surface area (Å²) in [5, 5.41) is 17.8. The number of hydrogen-bond acceptors (Lipinski definition) is 2. The monoisotopic (exact) mass is 142 g/mol. The van der Waals surface area contributed by atoms with E-state index in [0.29, 0.717) is 12.8 Å². The first-order valence-corrected chi connectivity index (χ1v) is 3.17. The fourth-order valence-corrected chi connectivity index (χ4v) is 1.16. The molecule has 1 atom stereocenters. The van der Waals surface area contributed by atoms with Gasteiger partial charge in [-0.25, -0.2) is 4.79 Å². The van der Waals surface area contributed by atoms with E-state index in [1.165, 1.54) is 0 Å². The Balaban J connectivity index is 2.72. The lowest BCUT2D eigenvalue weighted by atomic mass is 10.0. The summed E-state index contributed by atoms with van der Waals surface area (Å²) in [6, 6.07) is 0. The van der Waals surface area contributed by atoms with Gasteiger partial charge in [-0.3, -0.25) is 0 Å². The van der Waals surface area contributed by atoms with Gasteiger partial charge in [0.05, 0.1) is 0 Å². The standard InChI is InChI=1S/C7H10O3/c1-5-2-3-7(10,4-5)6(8)9/h10H,1-4H2,(H,8,9). The highest BCUT2D eigenvalue weighted by Crippen LogP contribution is 2.32. The molecule has 3 nitrogen and oxygen atoms in total. The fraction of sp³-hybridized carbons (Fsp3) is 0.571. The molecule has 1 unspecified atom stereocenters. The van der Waals surface area contributed by atoms with Crippen LogP contribution in [0.25, 0.3) is 0 Å². The van der Waals surface area contributed by atoms with Crippen molar-refractivity contribution >= 4 is 5.97 Å². The summed E-state index contributed by atoms with van der Waals surface area (Å²) in [4.78, 5) is 10.4. The van der Waals surface area contributed by atoms with Crippen molar-refractivity contribution < 1.29 is 15.0 Å². The van der Waals surface area contributed by atoms with E-state index in [1.807, 2.05) is 0 Å². The van der Waals surface area contributed by atoms with Gasteiger partial charge < -0.3 is 10.2 Å². The molecular weight excluding hydrogens is 132 g/mol. The van der Waals surface area contributed by atoms with Crippen molar-refractivity contribution in [2.75, 3.05) is 0 Å². The van der Waals surface area contributed by atoms with Gasteiger partial charge in [0.15, 0.2) is 5.60 Å². The number of aliphatic carboxylic acids is 1. The summed E-state index contributed by atoms with van der Waals surface area (Å²) in [5.74, 6) is -1.13. The first-order valence-electron chi connectivity index (χ1n) is 3.17. The molecule has 0 bridgehead atoms. The van der Waals surface area contributed by atoms with Crippen molar-refractivity contribution in [2.45, 2.75) is 24.9 Å². The smallest absolute Gasteiger partial charge is 0.336 e. The number of carboxylic acid groups (broad SMARTS) is 1. The predicted molar refractivity (Wildman–Crippen MR) is 35.6 cm³/mol. The van der Waals surface area contributed by atoms with Gasteiger partial charge in [-0.05, 0) is 12.8 Å². The van der Waals surface area contributed by atoms with Gasteiger partial charge in [-0.15, -0.1) is 0 Å². The number of aliphatic hydroxyl groups is 1. The molecule has 0 spiro atoms. The van der Waals surface area contributed by atoms with Crippen molar-refractivity contribution in [3.63, 3.8) is 0 Å². The molecule has 0 aromatic rings. The molecule has 1 aliphatic carbocycles. The van der Waals surface area contributed by atoms with E-state index in [1.54, 1.807) is 0 Å². The van der Waals surface area contributed by atoms with Crippen LogP contribution in [0.15, 0.2) is 12.2 Å². The Morgan fingerprint density at radius 1 is 1.70 bits per heavy atom. The summed E-state index contributed by atoms with van der Waals surface area (Å²) in [7, 11) is 0. The third-order valence-corrected chi connectivity index (χ3v) is 1.83. The summed E-state index contributed by atoms with van der Waals surface area (Å²) in [5.41, 5.74) is -0.693. The number of carboxylic acids is 1. The molecule has 1 aliphatic rings. The lowest BCUT2D eigenvalue weighted by molar-refractivity contribution is -0.157. The summed E-state index contributed by atoms with van der Waals surface area (Å²) in [6.45, 7) is 3.61. The van der Waals surface area contributed by atoms with Gasteiger partial charge in [0, 0.05) is 6.42 Å². The van der Waals surface area contributed by atoms with Crippen LogP contribution < -0.4 is 0 Å². The quantitative estimate of drug-likeness (QED) is 0.525. The molecule has 0 aromatic heterocycles. The molecule has 1 rings (SSSR count). The van der Waals surface area contributed by atoms with E-state index >= 15 is 0 Å². The van der Waals surface area contributed by atoms with Gasteiger partial charge in [0.25, 0.3) is 0 Å². The van der Waals surface area contributed by atoms with Crippen LogP contribution in [-0.4, -0.2) is 21.8 Å². The second-order valence-electron chi connectivity index (χ2n) is 2.76. The lowest BCUT2D eigenvalue weighted by Crippen LogP contribution is -2.34. The van der Waals surface area contributed by atoms with Gasteiger partial charge in [0.2, 0.25) is 0 Å².